The summed E-state index contributed by atoms with van der Waals surface area (Å²) in [5.74, 6) is -0.201. The van der Waals surface area contributed by atoms with Crippen molar-refractivity contribution in [2.75, 3.05) is 5.75 Å². The Bertz CT molecular complexity index is 1120. The monoisotopic (exact) mass is 506 g/mol. The number of thioether (sulfide) groups is 1. The third kappa shape index (κ3) is 8.23. The van der Waals surface area contributed by atoms with Gasteiger partial charge >= 0.3 is 0 Å². The van der Waals surface area contributed by atoms with Gasteiger partial charge in [0.05, 0.1) is 0 Å². The summed E-state index contributed by atoms with van der Waals surface area (Å²) in [7, 11) is 0. The Labute approximate surface area is 218 Å². The van der Waals surface area contributed by atoms with Crippen LogP contribution in [0.25, 0.3) is 0 Å². The SMILES string of the molecule is CCC(C)NC(=O)C(Cc1ccccc1)N(Cc1ccccc1F)C(=O)CCSc1ccc(C)cc1. The number of rotatable bonds is 12. The molecule has 0 aliphatic heterocycles. The molecule has 36 heavy (non-hydrogen) atoms. The van der Waals surface area contributed by atoms with Gasteiger partial charge in [-0.3, -0.25) is 9.59 Å². The minimum Gasteiger partial charge on any atom is -0.352 e. The molecule has 6 heteroatoms. The zero-order valence-corrected chi connectivity index (χ0v) is 22.1. The minimum absolute atomic E-state index is 0.0294. The molecular weight excluding hydrogens is 471 g/mol. The summed E-state index contributed by atoms with van der Waals surface area (Å²) in [5.41, 5.74) is 2.52. The molecule has 0 saturated carbocycles. The second-order valence-electron chi connectivity index (χ2n) is 9.05. The largest absolute Gasteiger partial charge is 0.352 e. The highest BCUT2D eigenvalue weighted by molar-refractivity contribution is 7.99. The lowest BCUT2D eigenvalue weighted by molar-refractivity contribution is -0.141. The molecule has 0 saturated heterocycles. The second-order valence-corrected chi connectivity index (χ2v) is 10.2. The third-order valence-electron chi connectivity index (χ3n) is 6.18. The van der Waals surface area contributed by atoms with Gasteiger partial charge in [-0.05, 0) is 44.0 Å². The van der Waals surface area contributed by atoms with Gasteiger partial charge in [0.25, 0.3) is 0 Å². The molecule has 3 rings (SSSR count). The molecule has 4 nitrogen and oxygen atoms in total. The van der Waals surface area contributed by atoms with E-state index in [0.29, 0.717) is 17.7 Å². The quantitative estimate of drug-likeness (QED) is 0.299. The normalized spacial score (nSPS) is 12.6. The van der Waals surface area contributed by atoms with Crippen molar-refractivity contribution in [3.63, 3.8) is 0 Å². The van der Waals surface area contributed by atoms with Crippen molar-refractivity contribution in [1.82, 2.24) is 10.2 Å². The molecule has 3 aromatic rings. The van der Waals surface area contributed by atoms with Crippen LogP contribution in [-0.2, 0) is 22.6 Å². The van der Waals surface area contributed by atoms with Crippen LogP contribution in [0.15, 0.2) is 83.8 Å². The molecule has 3 aromatic carbocycles. The highest BCUT2D eigenvalue weighted by atomic mass is 32.2. The summed E-state index contributed by atoms with van der Waals surface area (Å²) in [6.07, 6.45) is 1.38. The fourth-order valence-corrected chi connectivity index (χ4v) is 4.68. The first-order chi connectivity index (χ1) is 17.4. The summed E-state index contributed by atoms with van der Waals surface area (Å²) in [6.45, 7) is 6.02. The molecule has 190 valence electrons. The Morgan fingerprint density at radius 3 is 2.31 bits per heavy atom. The summed E-state index contributed by atoms with van der Waals surface area (Å²) in [4.78, 5) is 29.7. The Balaban J connectivity index is 1.86. The number of hydrogen-bond donors (Lipinski definition) is 1. The molecule has 0 fully saturated rings. The molecule has 0 aromatic heterocycles. The lowest BCUT2D eigenvalue weighted by Gasteiger charge is -2.32. The molecule has 2 amide bonds. The van der Waals surface area contributed by atoms with E-state index in [0.717, 1.165) is 16.9 Å². The van der Waals surface area contributed by atoms with Gasteiger partial charge in [-0.25, -0.2) is 4.39 Å². The predicted octanol–water partition coefficient (Wildman–Crippen LogP) is 6.17. The topological polar surface area (TPSA) is 49.4 Å². The molecule has 2 atom stereocenters. The average molecular weight is 507 g/mol. The van der Waals surface area contributed by atoms with Gasteiger partial charge in [0.15, 0.2) is 0 Å². The first kappa shape index (κ1) is 27.5. The second kappa shape index (κ2) is 13.8. The molecular formula is C30H35FN2O2S. The van der Waals surface area contributed by atoms with Crippen LogP contribution in [0.1, 0.15) is 43.4 Å². The van der Waals surface area contributed by atoms with E-state index in [-0.39, 0.29) is 36.6 Å². The van der Waals surface area contributed by atoms with Gasteiger partial charge < -0.3 is 10.2 Å². The average Bonchev–Trinajstić information content (AvgIpc) is 2.88. The van der Waals surface area contributed by atoms with E-state index in [1.807, 2.05) is 75.4 Å². The summed E-state index contributed by atoms with van der Waals surface area (Å²) < 4.78 is 14.6. The van der Waals surface area contributed by atoms with Gasteiger partial charge in [0.1, 0.15) is 11.9 Å². The van der Waals surface area contributed by atoms with Crippen molar-refractivity contribution >= 4 is 23.6 Å². The molecule has 0 aliphatic carbocycles. The number of hydrogen-bond acceptors (Lipinski definition) is 3. The fourth-order valence-electron chi connectivity index (χ4n) is 3.84. The van der Waals surface area contributed by atoms with Crippen molar-refractivity contribution in [3.8, 4) is 0 Å². The van der Waals surface area contributed by atoms with Crippen molar-refractivity contribution < 1.29 is 14.0 Å². The fraction of sp³-hybridized carbons (Fsp3) is 0.333. The van der Waals surface area contributed by atoms with E-state index < -0.39 is 6.04 Å². The summed E-state index contributed by atoms with van der Waals surface area (Å²) in [6, 6.07) is 23.5. The molecule has 1 N–H and O–H groups in total. The Hall–Kier alpha value is -3.12. The summed E-state index contributed by atoms with van der Waals surface area (Å²) >= 11 is 1.60. The molecule has 0 bridgehead atoms. The van der Waals surface area contributed by atoms with Crippen molar-refractivity contribution in [3.05, 3.63) is 101 Å². The molecule has 0 aliphatic rings. The number of nitrogens with one attached hydrogen (secondary N) is 1. The highest BCUT2D eigenvalue weighted by Gasteiger charge is 2.31. The van der Waals surface area contributed by atoms with Crippen LogP contribution >= 0.6 is 11.8 Å². The van der Waals surface area contributed by atoms with E-state index in [1.54, 1.807) is 34.9 Å². The maximum Gasteiger partial charge on any atom is 0.243 e. The Morgan fingerprint density at radius 1 is 0.972 bits per heavy atom. The Kier molecular flexibility index (Phi) is 10.6. The van der Waals surface area contributed by atoms with Crippen LogP contribution in [0.3, 0.4) is 0 Å². The summed E-state index contributed by atoms with van der Waals surface area (Å²) in [5, 5.41) is 3.04. The van der Waals surface area contributed by atoms with E-state index in [1.165, 1.54) is 11.6 Å². The van der Waals surface area contributed by atoms with Crippen LogP contribution in [0, 0.1) is 12.7 Å². The highest BCUT2D eigenvalue weighted by Crippen LogP contribution is 2.22. The number of amides is 2. The van der Waals surface area contributed by atoms with Gasteiger partial charge in [-0.15, -0.1) is 11.8 Å². The van der Waals surface area contributed by atoms with Gasteiger partial charge in [-0.2, -0.15) is 0 Å². The molecule has 0 spiro atoms. The van der Waals surface area contributed by atoms with Gasteiger partial charge in [0, 0.05) is 41.6 Å². The van der Waals surface area contributed by atoms with E-state index in [9.17, 15) is 14.0 Å². The van der Waals surface area contributed by atoms with Crippen LogP contribution in [0.4, 0.5) is 4.39 Å². The number of benzene rings is 3. The zero-order valence-electron chi connectivity index (χ0n) is 21.2. The maximum atomic E-state index is 14.6. The smallest absolute Gasteiger partial charge is 0.243 e. The lowest BCUT2D eigenvalue weighted by atomic mass is 10.0. The molecule has 0 radical (unpaired) electrons. The Morgan fingerprint density at radius 2 is 1.64 bits per heavy atom. The molecule has 2 unspecified atom stereocenters. The van der Waals surface area contributed by atoms with Crippen molar-refractivity contribution in [1.29, 1.82) is 0 Å². The van der Waals surface area contributed by atoms with Crippen LogP contribution in [-0.4, -0.2) is 34.6 Å². The van der Waals surface area contributed by atoms with Crippen molar-refractivity contribution in [2.24, 2.45) is 0 Å². The third-order valence-corrected chi connectivity index (χ3v) is 7.19. The number of nitrogens with zero attached hydrogens (tertiary/aromatic N) is 1. The number of aryl methyl sites for hydroxylation is 1. The predicted molar refractivity (Wildman–Crippen MR) is 145 cm³/mol. The van der Waals surface area contributed by atoms with Gasteiger partial charge in [0.2, 0.25) is 11.8 Å². The first-order valence-corrected chi connectivity index (χ1v) is 13.4. The first-order valence-electron chi connectivity index (χ1n) is 12.4. The van der Waals surface area contributed by atoms with E-state index >= 15 is 0 Å². The van der Waals surface area contributed by atoms with E-state index in [2.05, 4.69) is 5.32 Å². The number of halogens is 1. The standard InChI is InChI=1S/C30H35FN2O2S/c1-4-23(3)32-30(35)28(20-24-10-6-5-7-11-24)33(21-25-12-8-9-13-27(25)31)29(34)18-19-36-26-16-14-22(2)15-17-26/h5-17,23,28H,4,18-21H2,1-3H3,(H,32,35). The zero-order chi connectivity index (χ0) is 25.9. The van der Waals surface area contributed by atoms with E-state index in [4.69, 9.17) is 0 Å². The van der Waals surface area contributed by atoms with Crippen LogP contribution < -0.4 is 5.32 Å². The van der Waals surface area contributed by atoms with Crippen LogP contribution in [0.2, 0.25) is 0 Å². The number of carbonyl (C=O) groups excluding carboxylic acids is 2. The maximum absolute atomic E-state index is 14.6. The number of carbonyl (C=O) groups is 2. The van der Waals surface area contributed by atoms with Gasteiger partial charge in [-0.1, -0.05) is 73.2 Å². The lowest BCUT2D eigenvalue weighted by Crippen LogP contribution is -2.52. The van der Waals surface area contributed by atoms with Crippen molar-refractivity contribution in [2.45, 2.75) is 63.6 Å². The van der Waals surface area contributed by atoms with Crippen LogP contribution in [0.5, 0.6) is 0 Å². The molecule has 0 heterocycles. The minimum atomic E-state index is -0.752.